The molecule has 0 aliphatic rings. The van der Waals surface area contributed by atoms with E-state index in [1.54, 1.807) is 0 Å². The lowest BCUT2D eigenvalue weighted by Gasteiger charge is -2.33. The highest BCUT2D eigenvalue weighted by atomic mass is 35.5. The summed E-state index contributed by atoms with van der Waals surface area (Å²) in [7, 11) is 0. The quantitative estimate of drug-likeness (QED) is 0.245. The molecule has 1 heterocycles. The Hall–Kier alpha value is -1.42. The summed E-state index contributed by atoms with van der Waals surface area (Å²) in [4.78, 5) is 13.5. The second-order valence-electron chi connectivity index (χ2n) is 10.8. The van der Waals surface area contributed by atoms with Gasteiger partial charge in [0.25, 0.3) is 0 Å². The highest BCUT2D eigenvalue weighted by Crippen LogP contribution is 2.45. The number of thioether (sulfide) groups is 1. The van der Waals surface area contributed by atoms with Crippen LogP contribution in [0.15, 0.2) is 53.4 Å². The molecule has 172 valence electrons. The first kappa shape index (κ1) is 25.2. The van der Waals surface area contributed by atoms with E-state index in [0.29, 0.717) is 6.42 Å². The monoisotopic (exact) mass is 489 g/mol. The lowest BCUT2D eigenvalue weighted by molar-refractivity contribution is -0.119. The molecule has 0 saturated carbocycles. The Morgan fingerprint density at radius 2 is 1.50 bits per heavy atom. The Labute approximate surface area is 206 Å². The number of carbonyl (C=O) groups excluding carboxylic acids is 1. The van der Waals surface area contributed by atoms with Crippen LogP contribution in [0.25, 0.3) is 10.9 Å². The first-order valence-corrected chi connectivity index (χ1v) is 12.5. The molecule has 0 radical (unpaired) electrons. The fourth-order valence-corrected chi connectivity index (χ4v) is 5.57. The van der Waals surface area contributed by atoms with E-state index < -0.39 is 5.41 Å². The van der Waals surface area contributed by atoms with Crippen LogP contribution < -0.4 is 0 Å². The van der Waals surface area contributed by atoms with Crippen molar-refractivity contribution in [2.75, 3.05) is 0 Å². The predicted octanol–water partition coefficient (Wildman–Crippen LogP) is 8.50. The minimum absolute atomic E-state index is 0.0269. The SMILES string of the molecule is CC(C)(C)Sc1c(CC(C)(C)C(=O)Cl)n(C(C)(C)Cc2ccc(Cl)cc2)c2ccccc12. The molecular weight excluding hydrogens is 457 g/mol. The number of nitrogens with zero attached hydrogens (tertiary/aromatic N) is 1. The number of benzene rings is 2. The molecule has 0 aliphatic heterocycles. The van der Waals surface area contributed by atoms with Crippen molar-refractivity contribution in [3.8, 4) is 0 Å². The van der Waals surface area contributed by atoms with Crippen LogP contribution in [-0.4, -0.2) is 14.6 Å². The number of aromatic nitrogens is 1. The molecule has 3 rings (SSSR count). The zero-order valence-corrected chi connectivity index (χ0v) is 22.4. The van der Waals surface area contributed by atoms with E-state index in [1.807, 2.05) is 37.7 Å². The van der Waals surface area contributed by atoms with Crippen LogP contribution in [0, 0.1) is 5.41 Å². The Balaban J connectivity index is 2.26. The lowest BCUT2D eigenvalue weighted by atomic mass is 9.88. The number of carbonyl (C=O) groups is 1. The maximum atomic E-state index is 12.3. The summed E-state index contributed by atoms with van der Waals surface area (Å²) in [6.07, 6.45) is 1.41. The molecule has 0 N–H and O–H groups in total. The highest BCUT2D eigenvalue weighted by Gasteiger charge is 2.35. The second-order valence-corrected chi connectivity index (χ2v) is 13.4. The fraction of sp³-hybridized carbons (Fsp3) is 0.444. The molecule has 2 nitrogen and oxygen atoms in total. The van der Waals surface area contributed by atoms with Gasteiger partial charge in [0.2, 0.25) is 5.24 Å². The van der Waals surface area contributed by atoms with Crippen molar-refractivity contribution < 1.29 is 4.79 Å². The molecule has 0 bridgehead atoms. The number of rotatable bonds is 7. The average Bonchev–Trinajstić information content (AvgIpc) is 2.95. The Kier molecular flexibility index (Phi) is 7.15. The van der Waals surface area contributed by atoms with Gasteiger partial charge in [-0.15, -0.1) is 11.8 Å². The summed E-state index contributed by atoms with van der Waals surface area (Å²) in [5.74, 6) is 0. The van der Waals surface area contributed by atoms with Gasteiger partial charge in [-0.05, 0) is 55.6 Å². The molecule has 0 amide bonds. The molecule has 0 fully saturated rings. The predicted molar refractivity (Wildman–Crippen MR) is 140 cm³/mol. The number of para-hydroxylation sites is 1. The van der Waals surface area contributed by atoms with Crippen LogP contribution in [0.1, 0.15) is 59.7 Å². The van der Waals surface area contributed by atoms with Gasteiger partial charge in [0, 0.05) is 48.6 Å². The summed E-state index contributed by atoms with van der Waals surface area (Å²) in [6.45, 7) is 15.1. The Bertz CT molecular complexity index is 1120. The third-order valence-electron chi connectivity index (χ3n) is 5.63. The van der Waals surface area contributed by atoms with E-state index in [0.717, 1.165) is 11.4 Å². The second kappa shape index (κ2) is 9.08. The minimum Gasteiger partial charge on any atom is -0.338 e. The van der Waals surface area contributed by atoms with Crippen molar-refractivity contribution in [2.45, 2.75) is 76.5 Å². The normalized spacial score (nSPS) is 13.0. The molecule has 1 aromatic heterocycles. The van der Waals surface area contributed by atoms with Gasteiger partial charge in [-0.25, -0.2) is 0 Å². The van der Waals surface area contributed by atoms with E-state index in [4.69, 9.17) is 23.2 Å². The Morgan fingerprint density at radius 1 is 0.906 bits per heavy atom. The van der Waals surface area contributed by atoms with Crippen molar-refractivity contribution in [2.24, 2.45) is 5.41 Å². The molecule has 0 saturated heterocycles. The topological polar surface area (TPSA) is 22.0 Å². The summed E-state index contributed by atoms with van der Waals surface area (Å²) in [6, 6.07) is 16.6. The lowest BCUT2D eigenvalue weighted by Crippen LogP contribution is -2.33. The third kappa shape index (κ3) is 5.55. The minimum atomic E-state index is -0.669. The van der Waals surface area contributed by atoms with Crippen LogP contribution in [0.3, 0.4) is 0 Å². The first-order chi connectivity index (χ1) is 14.7. The van der Waals surface area contributed by atoms with E-state index in [1.165, 1.54) is 27.1 Å². The van der Waals surface area contributed by atoms with Crippen LogP contribution in [0.4, 0.5) is 0 Å². The third-order valence-corrected chi connectivity index (χ3v) is 7.66. The smallest absolute Gasteiger partial charge is 0.227 e. The van der Waals surface area contributed by atoms with Gasteiger partial charge in [0.05, 0.1) is 0 Å². The van der Waals surface area contributed by atoms with Crippen molar-refractivity contribution in [3.63, 3.8) is 0 Å². The summed E-state index contributed by atoms with van der Waals surface area (Å²) in [5, 5.41) is 1.66. The molecule has 32 heavy (non-hydrogen) atoms. The maximum Gasteiger partial charge on any atom is 0.227 e. The molecule has 0 aliphatic carbocycles. The first-order valence-electron chi connectivity index (χ1n) is 11.0. The Morgan fingerprint density at radius 3 is 2.06 bits per heavy atom. The van der Waals surface area contributed by atoms with Crippen molar-refractivity contribution in [1.82, 2.24) is 4.57 Å². The molecular formula is C27H33Cl2NOS. The maximum absolute atomic E-state index is 12.3. The van der Waals surface area contributed by atoms with E-state index in [2.05, 4.69) is 75.6 Å². The number of halogens is 2. The van der Waals surface area contributed by atoms with E-state index >= 15 is 0 Å². The van der Waals surface area contributed by atoms with Gasteiger partial charge >= 0.3 is 0 Å². The van der Waals surface area contributed by atoms with Crippen molar-refractivity contribution >= 4 is 51.1 Å². The van der Waals surface area contributed by atoms with Gasteiger partial charge in [-0.3, -0.25) is 4.79 Å². The average molecular weight is 491 g/mol. The molecule has 0 atom stereocenters. The molecule has 0 unspecified atom stereocenters. The molecule has 0 spiro atoms. The van der Waals surface area contributed by atoms with Gasteiger partial charge in [-0.2, -0.15) is 0 Å². The molecule has 2 aromatic carbocycles. The van der Waals surface area contributed by atoms with Crippen LogP contribution >= 0.6 is 35.0 Å². The summed E-state index contributed by atoms with van der Waals surface area (Å²) in [5.41, 5.74) is 2.68. The molecule has 3 aromatic rings. The standard InChI is InChI=1S/C27H33Cl2NOS/c1-25(2,3)32-23-20-10-8-9-11-21(20)30(22(23)17-26(4,5)24(29)31)27(6,7)16-18-12-14-19(28)15-13-18/h8-15H,16-17H2,1-7H3. The van der Waals surface area contributed by atoms with Gasteiger partial charge < -0.3 is 4.57 Å². The van der Waals surface area contributed by atoms with Crippen LogP contribution in [0.5, 0.6) is 0 Å². The van der Waals surface area contributed by atoms with Gasteiger partial charge in [0.1, 0.15) is 0 Å². The van der Waals surface area contributed by atoms with Gasteiger partial charge in [0.15, 0.2) is 0 Å². The highest BCUT2D eigenvalue weighted by molar-refractivity contribution is 8.00. The number of hydrogen-bond donors (Lipinski definition) is 0. The van der Waals surface area contributed by atoms with E-state index in [-0.39, 0.29) is 15.5 Å². The van der Waals surface area contributed by atoms with Crippen molar-refractivity contribution in [1.29, 1.82) is 0 Å². The molecule has 5 heteroatoms. The van der Waals surface area contributed by atoms with E-state index in [9.17, 15) is 4.79 Å². The number of hydrogen-bond acceptors (Lipinski definition) is 2. The largest absolute Gasteiger partial charge is 0.338 e. The zero-order valence-electron chi connectivity index (χ0n) is 20.1. The van der Waals surface area contributed by atoms with Crippen LogP contribution in [0.2, 0.25) is 5.02 Å². The van der Waals surface area contributed by atoms with Crippen LogP contribution in [-0.2, 0) is 23.2 Å². The summed E-state index contributed by atoms with van der Waals surface area (Å²) >= 11 is 14.0. The fourth-order valence-electron chi connectivity index (χ4n) is 4.20. The van der Waals surface area contributed by atoms with Gasteiger partial charge in [-0.1, -0.05) is 76.6 Å². The number of fused-ring (bicyclic) bond motifs is 1. The van der Waals surface area contributed by atoms with Crippen molar-refractivity contribution in [3.05, 3.63) is 64.8 Å². The zero-order chi connectivity index (χ0) is 23.9. The summed E-state index contributed by atoms with van der Waals surface area (Å²) < 4.78 is 2.46.